The van der Waals surface area contributed by atoms with E-state index in [1.165, 1.54) is 6.20 Å². The number of rotatable bonds is 6. The van der Waals surface area contributed by atoms with E-state index in [9.17, 15) is 8.78 Å². The Bertz CT molecular complexity index is 579. The maximum atomic E-state index is 12.6. The summed E-state index contributed by atoms with van der Waals surface area (Å²) < 4.78 is 27.7. The highest BCUT2D eigenvalue weighted by molar-refractivity contribution is 5.85. The molecule has 0 aliphatic carbocycles. The van der Waals surface area contributed by atoms with Gasteiger partial charge >= 0.3 is 6.55 Å². The number of hydrogen-bond donors (Lipinski definition) is 1. The third kappa shape index (κ3) is 4.17. The minimum absolute atomic E-state index is 0. The fourth-order valence-electron chi connectivity index (χ4n) is 2.09. The van der Waals surface area contributed by atoms with Crippen LogP contribution in [0.2, 0.25) is 0 Å². The zero-order valence-corrected chi connectivity index (χ0v) is 13.1. The average molecular weight is 320 g/mol. The lowest BCUT2D eigenvalue weighted by atomic mass is 10.3. The first-order chi connectivity index (χ1) is 9.51. The van der Waals surface area contributed by atoms with Crippen molar-refractivity contribution < 1.29 is 8.78 Å². The molecule has 2 aromatic heterocycles. The lowest BCUT2D eigenvalue weighted by molar-refractivity contribution is 0.0563. The van der Waals surface area contributed by atoms with Crippen molar-refractivity contribution in [1.29, 1.82) is 0 Å². The molecule has 0 amide bonds. The predicted molar refractivity (Wildman–Crippen MR) is 80.0 cm³/mol. The Morgan fingerprint density at radius 3 is 2.57 bits per heavy atom. The van der Waals surface area contributed by atoms with E-state index in [0.717, 1.165) is 24.4 Å². The molecule has 0 spiro atoms. The van der Waals surface area contributed by atoms with Crippen molar-refractivity contribution in [1.82, 2.24) is 19.6 Å². The number of anilines is 1. The quantitative estimate of drug-likeness (QED) is 0.886. The normalized spacial score (nSPS) is 10.8. The van der Waals surface area contributed by atoms with Crippen LogP contribution < -0.4 is 5.32 Å². The number of aryl methyl sites for hydroxylation is 3. The van der Waals surface area contributed by atoms with E-state index in [0.29, 0.717) is 22.6 Å². The fourth-order valence-corrected chi connectivity index (χ4v) is 2.09. The van der Waals surface area contributed by atoms with Gasteiger partial charge in [0, 0.05) is 6.54 Å². The molecule has 2 rings (SSSR count). The van der Waals surface area contributed by atoms with E-state index in [2.05, 4.69) is 22.4 Å². The second-order valence-electron chi connectivity index (χ2n) is 4.74. The molecule has 0 aliphatic heterocycles. The average Bonchev–Trinajstić information content (AvgIpc) is 2.91. The Hall–Kier alpha value is -1.63. The highest BCUT2D eigenvalue weighted by Gasteiger charge is 2.12. The molecule has 0 atom stereocenters. The van der Waals surface area contributed by atoms with E-state index in [1.54, 1.807) is 6.92 Å². The molecule has 0 saturated heterocycles. The van der Waals surface area contributed by atoms with Crippen LogP contribution in [-0.2, 0) is 13.1 Å². The first-order valence-electron chi connectivity index (χ1n) is 6.62. The Kier molecular flexibility index (Phi) is 6.14. The molecule has 0 radical (unpaired) electrons. The first kappa shape index (κ1) is 17.4. The van der Waals surface area contributed by atoms with Gasteiger partial charge in [0.05, 0.1) is 35.5 Å². The summed E-state index contributed by atoms with van der Waals surface area (Å²) >= 11 is 0. The minimum Gasteiger partial charge on any atom is -0.377 e. The molecule has 0 aromatic carbocycles. The van der Waals surface area contributed by atoms with Gasteiger partial charge in [0.25, 0.3) is 0 Å². The maximum absolute atomic E-state index is 12.6. The van der Waals surface area contributed by atoms with Crippen LogP contribution in [0.4, 0.5) is 14.5 Å². The standard InChI is InChI=1S/C13H19F2N5.ClH/c1-4-5-19-11(6-9(2)17-19)7-16-12-8-20(13(14)15)18-10(12)3;/h6,8,13,16H,4-5,7H2,1-3H3;1H. The van der Waals surface area contributed by atoms with Gasteiger partial charge in [0.15, 0.2) is 0 Å². The molecule has 0 aliphatic rings. The first-order valence-corrected chi connectivity index (χ1v) is 6.62. The molecule has 2 heterocycles. The highest BCUT2D eigenvalue weighted by Crippen LogP contribution is 2.18. The van der Waals surface area contributed by atoms with Gasteiger partial charge in [-0.2, -0.15) is 19.0 Å². The van der Waals surface area contributed by atoms with Crippen molar-refractivity contribution in [2.45, 2.75) is 46.8 Å². The summed E-state index contributed by atoms with van der Waals surface area (Å²) in [6, 6.07) is 2.00. The molecular formula is C13H20ClF2N5. The Balaban J connectivity index is 0.00000220. The Morgan fingerprint density at radius 1 is 1.29 bits per heavy atom. The van der Waals surface area contributed by atoms with Gasteiger partial charge in [-0.05, 0) is 26.3 Å². The van der Waals surface area contributed by atoms with Gasteiger partial charge in [0.1, 0.15) is 0 Å². The zero-order chi connectivity index (χ0) is 14.7. The molecule has 118 valence electrons. The van der Waals surface area contributed by atoms with Gasteiger partial charge in [0.2, 0.25) is 0 Å². The molecule has 0 unspecified atom stereocenters. The molecule has 1 N–H and O–H groups in total. The lowest BCUT2D eigenvalue weighted by Gasteiger charge is -2.07. The fraction of sp³-hybridized carbons (Fsp3) is 0.538. The summed E-state index contributed by atoms with van der Waals surface area (Å²) in [7, 11) is 0. The van der Waals surface area contributed by atoms with Gasteiger partial charge in [-0.25, -0.2) is 4.68 Å². The molecule has 8 heteroatoms. The second-order valence-corrected chi connectivity index (χ2v) is 4.74. The number of nitrogens with zero attached hydrogens (tertiary/aromatic N) is 4. The van der Waals surface area contributed by atoms with Crippen LogP contribution >= 0.6 is 12.4 Å². The smallest absolute Gasteiger partial charge is 0.333 e. The van der Waals surface area contributed by atoms with Gasteiger partial charge in [-0.3, -0.25) is 4.68 Å². The zero-order valence-electron chi connectivity index (χ0n) is 12.3. The monoisotopic (exact) mass is 319 g/mol. The van der Waals surface area contributed by atoms with Crippen LogP contribution in [0, 0.1) is 13.8 Å². The highest BCUT2D eigenvalue weighted by atomic mass is 35.5. The van der Waals surface area contributed by atoms with Crippen LogP contribution in [-0.4, -0.2) is 19.6 Å². The molecular weight excluding hydrogens is 300 g/mol. The summed E-state index contributed by atoms with van der Waals surface area (Å²) in [4.78, 5) is 0. The maximum Gasteiger partial charge on any atom is 0.333 e. The van der Waals surface area contributed by atoms with Gasteiger partial charge in [-0.1, -0.05) is 6.92 Å². The van der Waals surface area contributed by atoms with E-state index >= 15 is 0 Å². The second kappa shape index (κ2) is 7.40. The third-order valence-corrected chi connectivity index (χ3v) is 3.00. The molecule has 0 saturated carbocycles. The van der Waals surface area contributed by atoms with Crippen molar-refractivity contribution in [3.8, 4) is 0 Å². The van der Waals surface area contributed by atoms with E-state index in [4.69, 9.17) is 0 Å². The number of aromatic nitrogens is 4. The van der Waals surface area contributed by atoms with Gasteiger partial charge in [-0.15, -0.1) is 12.4 Å². The molecule has 21 heavy (non-hydrogen) atoms. The molecule has 0 bridgehead atoms. The third-order valence-electron chi connectivity index (χ3n) is 3.00. The molecule has 2 aromatic rings. The van der Waals surface area contributed by atoms with E-state index in [1.807, 2.05) is 17.7 Å². The van der Waals surface area contributed by atoms with Crippen molar-refractivity contribution in [2.24, 2.45) is 0 Å². The van der Waals surface area contributed by atoms with Crippen molar-refractivity contribution in [3.63, 3.8) is 0 Å². The van der Waals surface area contributed by atoms with Crippen LogP contribution in [0.5, 0.6) is 0 Å². The van der Waals surface area contributed by atoms with Crippen LogP contribution in [0.3, 0.4) is 0 Å². The largest absolute Gasteiger partial charge is 0.377 e. The summed E-state index contributed by atoms with van der Waals surface area (Å²) in [6.45, 7) is 4.50. The summed E-state index contributed by atoms with van der Waals surface area (Å²) in [5.41, 5.74) is 3.17. The van der Waals surface area contributed by atoms with Crippen molar-refractivity contribution in [3.05, 3.63) is 29.3 Å². The van der Waals surface area contributed by atoms with Crippen molar-refractivity contribution >= 4 is 18.1 Å². The Morgan fingerprint density at radius 2 is 2.00 bits per heavy atom. The Labute approximate surface area is 128 Å². The summed E-state index contributed by atoms with van der Waals surface area (Å²) in [6.07, 6.45) is 2.32. The number of nitrogens with one attached hydrogen (secondary N) is 1. The predicted octanol–water partition coefficient (Wildman–Crippen LogP) is 3.54. The summed E-state index contributed by atoms with van der Waals surface area (Å²) in [5, 5.41) is 11.3. The SMILES string of the molecule is CCCn1nc(C)cc1CNc1cn(C(F)F)nc1C.Cl. The lowest BCUT2D eigenvalue weighted by Crippen LogP contribution is -2.09. The number of halogens is 3. The van der Waals surface area contributed by atoms with Crippen LogP contribution in [0.15, 0.2) is 12.3 Å². The molecule has 0 fully saturated rings. The van der Waals surface area contributed by atoms with Crippen LogP contribution in [0.25, 0.3) is 0 Å². The number of hydrogen-bond acceptors (Lipinski definition) is 3. The van der Waals surface area contributed by atoms with Gasteiger partial charge < -0.3 is 5.32 Å². The topological polar surface area (TPSA) is 47.7 Å². The van der Waals surface area contributed by atoms with Crippen LogP contribution in [0.1, 0.15) is 37.0 Å². The number of alkyl halides is 2. The summed E-state index contributed by atoms with van der Waals surface area (Å²) in [5.74, 6) is 0. The van der Waals surface area contributed by atoms with E-state index in [-0.39, 0.29) is 12.4 Å². The van der Waals surface area contributed by atoms with Crippen molar-refractivity contribution in [2.75, 3.05) is 5.32 Å². The van der Waals surface area contributed by atoms with E-state index < -0.39 is 6.55 Å². The minimum atomic E-state index is -2.61. The molecule has 5 nitrogen and oxygen atoms in total.